The van der Waals surface area contributed by atoms with Crippen molar-refractivity contribution in [1.29, 1.82) is 0 Å². The van der Waals surface area contributed by atoms with Crippen LogP contribution in [0.3, 0.4) is 0 Å². The number of carbonyl (C=O) groups is 1. The molecule has 1 aromatic heterocycles. The van der Waals surface area contributed by atoms with Crippen molar-refractivity contribution in [3.63, 3.8) is 0 Å². The Bertz CT molecular complexity index is 1180. The molecule has 0 aliphatic rings. The Labute approximate surface area is 186 Å². The molecular weight excluding hydrogens is 408 g/mol. The van der Waals surface area contributed by atoms with Crippen LogP contribution < -0.4 is 26.6 Å². The smallest absolute Gasteiger partial charge is 0.330 e. The summed E-state index contributed by atoms with van der Waals surface area (Å²) in [5.74, 6) is 0.239. The summed E-state index contributed by atoms with van der Waals surface area (Å²) in [7, 11) is 1.54. The second-order valence-electron chi connectivity index (χ2n) is 7.45. The Morgan fingerprint density at radius 1 is 1.09 bits per heavy atom. The number of para-hydroxylation sites is 1. The van der Waals surface area contributed by atoms with E-state index >= 15 is 0 Å². The molecule has 0 saturated heterocycles. The van der Waals surface area contributed by atoms with Crippen LogP contribution in [0.4, 0.5) is 11.5 Å². The number of rotatable bonds is 9. The van der Waals surface area contributed by atoms with E-state index in [-0.39, 0.29) is 30.4 Å². The summed E-state index contributed by atoms with van der Waals surface area (Å²) >= 11 is 0. The molecule has 0 fully saturated rings. The number of nitrogens with zero attached hydrogens (tertiary/aromatic N) is 2. The summed E-state index contributed by atoms with van der Waals surface area (Å²) in [6.45, 7) is 2.40. The van der Waals surface area contributed by atoms with Crippen LogP contribution in [-0.4, -0.2) is 22.6 Å². The van der Waals surface area contributed by atoms with Gasteiger partial charge >= 0.3 is 5.69 Å². The normalized spacial score (nSPS) is 10.7. The number of hydrogen-bond donors (Lipinski definition) is 2. The average molecular weight is 437 g/mol. The van der Waals surface area contributed by atoms with Crippen LogP contribution in [0.15, 0.2) is 64.2 Å². The number of benzene rings is 2. The number of carbonyl (C=O) groups excluding carboxylic acids is 1. The summed E-state index contributed by atoms with van der Waals surface area (Å²) in [6, 6.07) is 16.5. The van der Waals surface area contributed by atoms with Crippen molar-refractivity contribution in [3.8, 4) is 5.75 Å². The molecule has 8 heteroatoms. The Balaban J connectivity index is 2.11. The Morgan fingerprint density at radius 3 is 2.47 bits per heavy atom. The average Bonchev–Trinajstić information content (AvgIpc) is 2.79. The zero-order valence-corrected chi connectivity index (χ0v) is 18.3. The lowest BCUT2D eigenvalue weighted by Gasteiger charge is -2.25. The van der Waals surface area contributed by atoms with Crippen molar-refractivity contribution >= 4 is 17.4 Å². The zero-order chi connectivity index (χ0) is 23.1. The maximum atomic E-state index is 13.4. The van der Waals surface area contributed by atoms with Crippen molar-refractivity contribution in [3.05, 3.63) is 86.6 Å². The first-order chi connectivity index (χ1) is 15.5. The number of aromatic nitrogens is 2. The highest BCUT2D eigenvalue weighted by molar-refractivity contribution is 5.96. The molecule has 8 nitrogen and oxygen atoms in total. The maximum absolute atomic E-state index is 13.4. The lowest BCUT2D eigenvalue weighted by Crippen LogP contribution is -2.41. The number of aromatic amines is 1. The molecule has 3 N–H and O–H groups in total. The monoisotopic (exact) mass is 436 g/mol. The molecule has 0 bridgehead atoms. The van der Waals surface area contributed by atoms with Gasteiger partial charge in [0.15, 0.2) is 5.69 Å². The van der Waals surface area contributed by atoms with Crippen LogP contribution in [0.1, 0.15) is 30.9 Å². The van der Waals surface area contributed by atoms with Gasteiger partial charge in [0.05, 0.1) is 20.1 Å². The lowest BCUT2D eigenvalue weighted by atomic mass is 10.1. The molecule has 168 valence electrons. The van der Waals surface area contributed by atoms with Gasteiger partial charge in [-0.15, -0.1) is 0 Å². The van der Waals surface area contributed by atoms with Crippen molar-refractivity contribution in [2.24, 2.45) is 0 Å². The van der Waals surface area contributed by atoms with Crippen LogP contribution >= 0.6 is 0 Å². The van der Waals surface area contributed by atoms with Gasteiger partial charge in [-0.2, -0.15) is 0 Å². The topological polar surface area (TPSA) is 110 Å². The lowest BCUT2D eigenvalue weighted by molar-refractivity contribution is -0.118. The van der Waals surface area contributed by atoms with Crippen molar-refractivity contribution in [1.82, 2.24) is 9.55 Å². The highest BCUT2D eigenvalue weighted by Crippen LogP contribution is 2.25. The SMILES string of the molecule is CCCCn1c(N)c(N(Cc2ccccc2OC)C(=O)Cc2ccccc2)c(=O)[nH]c1=O. The van der Waals surface area contributed by atoms with Crippen LogP contribution in [0.2, 0.25) is 0 Å². The van der Waals surface area contributed by atoms with E-state index in [0.29, 0.717) is 24.3 Å². The van der Waals surface area contributed by atoms with E-state index in [9.17, 15) is 14.4 Å². The Hall–Kier alpha value is -3.81. The number of ether oxygens (including phenoxy) is 1. The number of nitrogens with two attached hydrogens (primary N) is 1. The molecule has 0 radical (unpaired) electrons. The first-order valence-electron chi connectivity index (χ1n) is 10.5. The third-order valence-electron chi connectivity index (χ3n) is 5.24. The maximum Gasteiger partial charge on any atom is 0.330 e. The summed E-state index contributed by atoms with van der Waals surface area (Å²) in [4.78, 5) is 42.3. The van der Waals surface area contributed by atoms with Gasteiger partial charge in [0, 0.05) is 12.1 Å². The van der Waals surface area contributed by atoms with E-state index < -0.39 is 11.2 Å². The number of unbranched alkanes of at least 4 members (excludes halogenated alkanes) is 1. The fourth-order valence-corrected chi connectivity index (χ4v) is 3.54. The number of anilines is 2. The first-order valence-corrected chi connectivity index (χ1v) is 10.5. The quantitative estimate of drug-likeness (QED) is 0.536. The minimum atomic E-state index is -0.698. The summed E-state index contributed by atoms with van der Waals surface area (Å²) in [5.41, 5.74) is 6.49. The minimum absolute atomic E-state index is 0.0245. The second-order valence-corrected chi connectivity index (χ2v) is 7.45. The minimum Gasteiger partial charge on any atom is -0.496 e. The zero-order valence-electron chi connectivity index (χ0n) is 18.3. The largest absolute Gasteiger partial charge is 0.496 e. The van der Waals surface area contributed by atoms with Crippen molar-refractivity contribution in [2.75, 3.05) is 17.7 Å². The summed E-state index contributed by atoms with van der Waals surface area (Å²) in [6.07, 6.45) is 1.63. The molecule has 3 aromatic rings. The standard InChI is InChI=1S/C24H28N4O4/c1-3-4-14-27-22(25)21(23(30)26-24(27)31)28(16-18-12-8-9-13-19(18)32-2)20(29)15-17-10-6-5-7-11-17/h5-13H,3-4,14-16,25H2,1-2H3,(H,26,30,31). The molecule has 1 amide bonds. The van der Waals surface area contributed by atoms with Gasteiger partial charge < -0.3 is 10.5 Å². The molecule has 32 heavy (non-hydrogen) atoms. The van der Waals surface area contributed by atoms with Gasteiger partial charge in [-0.25, -0.2) is 4.79 Å². The number of H-pyrrole nitrogens is 1. The van der Waals surface area contributed by atoms with E-state index in [0.717, 1.165) is 12.0 Å². The fourth-order valence-electron chi connectivity index (χ4n) is 3.54. The van der Waals surface area contributed by atoms with E-state index in [2.05, 4.69) is 4.98 Å². The van der Waals surface area contributed by atoms with Crippen LogP contribution in [0.5, 0.6) is 5.75 Å². The van der Waals surface area contributed by atoms with E-state index in [1.165, 1.54) is 9.47 Å². The number of methoxy groups -OCH3 is 1. The van der Waals surface area contributed by atoms with Gasteiger partial charge in [0.2, 0.25) is 5.91 Å². The number of nitrogen functional groups attached to an aromatic ring is 1. The fraction of sp³-hybridized carbons (Fsp3) is 0.292. The van der Waals surface area contributed by atoms with E-state index in [4.69, 9.17) is 10.5 Å². The van der Waals surface area contributed by atoms with E-state index in [1.807, 2.05) is 55.5 Å². The Kier molecular flexibility index (Phi) is 7.49. The van der Waals surface area contributed by atoms with Gasteiger partial charge in [0.25, 0.3) is 5.56 Å². The predicted molar refractivity (Wildman–Crippen MR) is 125 cm³/mol. The second kappa shape index (κ2) is 10.5. The third kappa shape index (κ3) is 5.08. The van der Waals surface area contributed by atoms with E-state index in [1.54, 1.807) is 13.2 Å². The third-order valence-corrected chi connectivity index (χ3v) is 5.24. The number of amides is 1. The molecule has 0 unspecified atom stereocenters. The Morgan fingerprint density at radius 2 is 1.78 bits per heavy atom. The number of nitrogens with one attached hydrogen (secondary N) is 1. The molecule has 0 spiro atoms. The molecule has 0 atom stereocenters. The molecule has 2 aromatic carbocycles. The van der Waals surface area contributed by atoms with Crippen molar-refractivity contribution < 1.29 is 9.53 Å². The predicted octanol–water partition coefficient (Wildman–Crippen LogP) is 2.70. The van der Waals surface area contributed by atoms with Crippen molar-refractivity contribution in [2.45, 2.75) is 39.3 Å². The molecular formula is C24H28N4O4. The molecule has 0 aliphatic heterocycles. The first kappa shape index (κ1) is 22.9. The van der Waals surface area contributed by atoms with Gasteiger partial charge in [-0.1, -0.05) is 61.9 Å². The van der Waals surface area contributed by atoms with Crippen LogP contribution in [0, 0.1) is 0 Å². The highest BCUT2D eigenvalue weighted by atomic mass is 16.5. The molecule has 3 rings (SSSR count). The molecule has 0 saturated carbocycles. The van der Waals surface area contributed by atoms with Gasteiger partial charge in [-0.05, 0) is 18.1 Å². The molecule has 1 heterocycles. The van der Waals surface area contributed by atoms with Crippen LogP contribution in [0.25, 0.3) is 0 Å². The van der Waals surface area contributed by atoms with Gasteiger partial charge in [0.1, 0.15) is 11.6 Å². The summed E-state index contributed by atoms with van der Waals surface area (Å²) < 4.78 is 6.74. The molecule has 0 aliphatic carbocycles. The summed E-state index contributed by atoms with van der Waals surface area (Å²) in [5, 5.41) is 0. The van der Waals surface area contributed by atoms with Crippen LogP contribution in [-0.2, 0) is 24.3 Å². The highest BCUT2D eigenvalue weighted by Gasteiger charge is 2.25. The number of hydrogen-bond acceptors (Lipinski definition) is 5. The van der Waals surface area contributed by atoms with Gasteiger partial charge in [-0.3, -0.25) is 24.0 Å².